The average molecular weight is 458 g/mol. The van der Waals surface area contributed by atoms with E-state index in [1.165, 1.54) is 23.8 Å². The molecule has 0 radical (unpaired) electrons. The summed E-state index contributed by atoms with van der Waals surface area (Å²) in [6.45, 7) is 4.80. The third-order valence-electron chi connectivity index (χ3n) is 8.02. The van der Waals surface area contributed by atoms with Crippen molar-refractivity contribution in [3.8, 4) is 5.75 Å². The number of rotatable bonds is 7. The molecule has 0 N–H and O–H groups in total. The molecule has 2 aliphatic heterocycles. The Morgan fingerprint density at radius 1 is 0.848 bits per heavy atom. The van der Waals surface area contributed by atoms with Crippen LogP contribution in [0.3, 0.4) is 0 Å². The van der Waals surface area contributed by atoms with E-state index in [1.54, 1.807) is 12.1 Å². The summed E-state index contributed by atoms with van der Waals surface area (Å²) in [5.74, 6) is 0.588. The number of ether oxygens (including phenoxy) is 1. The number of carbonyl (C=O) groups is 2. The van der Waals surface area contributed by atoms with Crippen molar-refractivity contribution in [1.29, 1.82) is 0 Å². The van der Waals surface area contributed by atoms with Gasteiger partial charge in [0.05, 0.1) is 23.6 Å². The molecule has 180 valence electrons. The fraction of sp³-hybridized carbons (Fsp3) is 0.692. The number of carbonyl (C=O) groups excluding carboxylic acids is 2. The fourth-order valence-corrected chi connectivity index (χ4v) is 6.14. The first-order valence-corrected chi connectivity index (χ1v) is 12.9. The summed E-state index contributed by atoms with van der Waals surface area (Å²) < 4.78 is 20.3. The number of hydrogen-bond donors (Lipinski definition) is 0. The van der Waals surface area contributed by atoms with Gasteiger partial charge < -0.3 is 9.64 Å². The van der Waals surface area contributed by atoms with Gasteiger partial charge in [-0.3, -0.25) is 19.4 Å². The summed E-state index contributed by atoms with van der Waals surface area (Å²) in [5, 5.41) is 0. The Morgan fingerprint density at radius 3 is 2.15 bits per heavy atom. The highest BCUT2D eigenvalue weighted by atomic mass is 19.1. The molecular weight excluding hydrogens is 421 g/mol. The Labute approximate surface area is 196 Å². The van der Waals surface area contributed by atoms with Crippen LogP contribution in [0.2, 0.25) is 0 Å². The van der Waals surface area contributed by atoms with Crippen molar-refractivity contribution in [2.45, 2.75) is 63.9 Å². The molecule has 2 atom stereocenters. The average Bonchev–Trinajstić information content (AvgIpc) is 3.43. The highest BCUT2D eigenvalue weighted by Crippen LogP contribution is 2.38. The lowest BCUT2D eigenvalue weighted by molar-refractivity contribution is -0.140. The van der Waals surface area contributed by atoms with E-state index in [-0.39, 0.29) is 35.6 Å². The lowest BCUT2D eigenvalue weighted by Gasteiger charge is -2.37. The highest BCUT2D eigenvalue weighted by Gasteiger charge is 2.47. The Balaban J connectivity index is 1.11. The maximum Gasteiger partial charge on any atom is 0.233 e. The number of amides is 2. The summed E-state index contributed by atoms with van der Waals surface area (Å²) in [7, 11) is 0. The van der Waals surface area contributed by atoms with Gasteiger partial charge in [-0.1, -0.05) is 12.8 Å². The monoisotopic (exact) mass is 457 g/mol. The lowest BCUT2D eigenvalue weighted by Crippen LogP contribution is -2.47. The number of imide groups is 1. The van der Waals surface area contributed by atoms with Gasteiger partial charge in [-0.15, -0.1) is 0 Å². The molecule has 2 heterocycles. The van der Waals surface area contributed by atoms with Gasteiger partial charge in [0.25, 0.3) is 0 Å². The van der Waals surface area contributed by atoms with E-state index in [4.69, 9.17) is 4.74 Å². The van der Waals surface area contributed by atoms with Crippen molar-refractivity contribution >= 4 is 17.5 Å². The predicted octanol–water partition coefficient (Wildman–Crippen LogP) is 3.83. The standard InChI is InChI=1S/C26H36FN3O3/c27-19-10-11-24(33-20-6-1-2-7-20)23(18-19)29-16-14-28(15-17-29)12-5-13-30-25(31)21-8-3-4-9-22(21)26(30)32/h10-11,18,20-22H,1-9,12-17H2. The molecule has 33 heavy (non-hydrogen) atoms. The van der Waals surface area contributed by atoms with Crippen LogP contribution in [-0.4, -0.2) is 67.0 Å². The third-order valence-corrected chi connectivity index (χ3v) is 8.02. The van der Waals surface area contributed by atoms with Crippen molar-refractivity contribution in [2.75, 3.05) is 44.2 Å². The number of benzene rings is 1. The highest BCUT2D eigenvalue weighted by molar-refractivity contribution is 6.05. The van der Waals surface area contributed by atoms with Crippen LogP contribution in [0, 0.1) is 17.7 Å². The molecule has 6 nitrogen and oxygen atoms in total. The molecule has 7 heteroatoms. The van der Waals surface area contributed by atoms with Gasteiger partial charge in [-0.25, -0.2) is 4.39 Å². The molecule has 4 fully saturated rings. The Kier molecular flexibility index (Phi) is 6.86. The molecule has 1 aromatic rings. The molecule has 2 amide bonds. The summed E-state index contributed by atoms with van der Waals surface area (Å²) in [5.41, 5.74) is 0.859. The molecule has 0 bridgehead atoms. The van der Waals surface area contributed by atoms with E-state index < -0.39 is 0 Å². The molecule has 2 saturated carbocycles. The Morgan fingerprint density at radius 2 is 1.48 bits per heavy atom. The van der Waals surface area contributed by atoms with E-state index >= 15 is 0 Å². The van der Waals surface area contributed by atoms with Crippen LogP contribution in [0.5, 0.6) is 5.75 Å². The maximum atomic E-state index is 14.0. The number of hydrogen-bond acceptors (Lipinski definition) is 5. The van der Waals surface area contributed by atoms with Crippen LogP contribution < -0.4 is 9.64 Å². The molecule has 0 aromatic heterocycles. The molecule has 5 rings (SSSR count). The molecule has 0 spiro atoms. The SMILES string of the molecule is O=C1C2CCCCC2C(=O)N1CCCN1CCN(c2cc(F)ccc2OC2CCCC2)CC1. The molecule has 2 unspecified atom stereocenters. The minimum Gasteiger partial charge on any atom is -0.488 e. The number of piperazine rings is 1. The second-order valence-corrected chi connectivity index (χ2v) is 10.1. The molecular formula is C26H36FN3O3. The van der Waals surface area contributed by atoms with Crippen molar-refractivity contribution < 1.29 is 18.7 Å². The van der Waals surface area contributed by atoms with E-state index in [2.05, 4.69) is 9.80 Å². The summed E-state index contributed by atoms with van der Waals surface area (Å²) in [6.07, 6.45) is 9.50. The topological polar surface area (TPSA) is 53.1 Å². The molecule has 1 aromatic carbocycles. The fourth-order valence-electron chi connectivity index (χ4n) is 6.14. The smallest absolute Gasteiger partial charge is 0.233 e. The number of fused-ring (bicyclic) bond motifs is 1. The van der Waals surface area contributed by atoms with Gasteiger partial charge >= 0.3 is 0 Å². The van der Waals surface area contributed by atoms with Crippen LogP contribution in [0.1, 0.15) is 57.8 Å². The van der Waals surface area contributed by atoms with Gasteiger partial charge in [0.1, 0.15) is 11.6 Å². The van der Waals surface area contributed by atoms with E-state index in [0.29, 0.717) is 6.54 Å². The maximum absolute atomic E-state index is 14.0. The van der Waals surface area contributed by atoms with E-state index in [9.17, 15) is 14.0 Å². The van der Waals surface area contributed by atoms with Gasteiger partial charge in [-0.05, 0) is 63.6 Å². The zero-order valence-corrected chi connectivity index (χ0v) is 19.5. The second kappa shape index (κ2) is 10.00. The molecule has 4 aliphatic rings. The zero-order chi connectivity index (χ0) is 22.8. The number of likely N-dealkylation sites (tertiary alicyclic amines) is 1. The number of halogens is 1. The number of anilines is 1. The van der Waals surface area contributed by atoms with Crippen molar-refractivity contribution in [3.05, 3.63) is 24.0 Å². The first kappa shape index (κ1) is 22.6. The van der Waals surface area contributed by atoms with Crippen LogP contribution in [0.15, 0.2) is 18.2 Å². The third kappa shape index (κ3) is 4.88. The van der Waals surface area contributed by atoms with E-state index in [1.807, 2.05) is 0 Å². The van der Waals surface area contributed by atoms with Crippen molar-refractivity contribution in [2.24, 2.45) is 11.8 Å². The predicted molar refractivity (Wildman–Crippen MR) is 125 cm³/mol. The van der Waals surface area contributed by atoms with Crippen LogP contribution in [-0.2, 0) is 9.59 Å². The van der Waals surface area contributed by atoms with Gasteiger partial charge in [-0.2, -0.15) is 0 Å². The van der Waals surface area contributed by atoms with Crippen molar-refractivity contribution in [1.82, 2.24) is 9.80 Å². The first-order valence-electron chi connectivity index (χ1n) is 12.9. The Bertz CT molecular complexity index is 840. The summed E-state index contributed by atoms with van der Waals surface area (Å²) in [4.78, 5) is 31.5. The summed E-state index contributed by atoms with van der Waals surface area (Å²) >= 11 is 0. The van der Waals surface area contributed by atoms with Crippen LogP contribution >= 0.6 is 0 Å². The quantitative estimate of drug-likeness (QED) is 0.583. The van der Waals surface area contributed by atoms with Gasteiger partial charge in [0, 0.05) is 38.8 Å². The van der Waals surface area contributed by atoms with Crippen LogP contribution in [0.25, 0.3) is 0 Å². The minimum absolute atomic E-state index is 0.0540. The van der Waals surface area contributed by atoms with E-state index in [0.717, 1.165) is 89.1 Å². The van der Waals surface area contributed by atoms with Crippen LogP contribution in [0.4, 0.5) is 10.1 Å². The second-order valence-electron chi connectivity index (χ2n) is 10.1. The zero-order valence-electron chi connectivity index (χ0n) is 19.5. The normalized spacial score (nSPS) is 26.8. The van der Waals surface area contributed by atoms with Gasteiger partial charge in [0.15, 0.2) is 0 Å². The molecule has 2 saturated heterocycles. The summed E-state index contributed by atoms with van der Waals surface area (Å²) in [6, 6.07) is 4.86. The first-order chi connectivity index (χ1) is 16.1. The lowest BCUT2D eigenvalue weighted by atomic mass is 9.81. The largest absolute Gasteiger partial charge is 0.488 e. The van der Waals surface area contributed by atoms with Gasteiger partial charge in [0.2, 0.25) is 11.8 Å². The Hall–Kier alpha value is -2.15. The molecule has 2 aliphatic carbocycles. The number of nitrogens with zero attached hydrogens (tertiary/aromatic N) is 3. The van der Waals surface area contributed by atoms with Crippen molar-refractivity contribution in [3.63, 3.8) is 0 Å². The minimum atomic E-state index is -0.230.